The summed E-state index contributed by atoms with van der Waals surface area (Å²) in [5.41, 5.74) is 2.02. The summed E-state index contributed by atoms with van der Waals surface area (Å²) in [5.74, 6) is -0.219. The molecule has 0 atom stereocenters. The van der Waals surface area contributed by atoms with Gasteiger partial charge in [-0.15, -0.1) is 0 Å². The second-order valence-corrected chi connectivity index (χ2v) is 7.91. The highest BCUT2D eigenvalue weighted by Crippen LogP contribution is 2.19. The summed E-state index contributed by atoms with van der Waals surface area (Å²) in [6.07, 6.45) is 0. The Morgan fingerprint density at radius 2 is 1.62 bits per heavy atom. The average Bonchev–Trinajstić information content (AvgIpc) is 2.54. The van der Waals surface area contributed by atoms with Gasteiger partial charge >= 0.3 is 0 Å². The number of nitrogens with one attached hydrogen (secondary N) is 1. The number of carbonyl (C=O) groups is 1. The van der Waals surface area contributed by atoms with E-state index in [1.807, 2.05) is 32.9 Å². The molecule has 0 radical (unpaired) electrons. The third kappa shape index (κ3) is 3.83. The molecule has 0 aliphatic carbocycles. The van der Waals surface area contributed by atoms with E-state index in [9.17, 15) is 13.2 Å². The van der Waals surface area contributed by atoms with Crippen molar-refractivity contribution in [2.75, 3.05) is 12.4 Å². The molecule has 2 aromatic carbocycles. The zero-order valence-electron chi connectivity index (χ0n) is 14.3. The fraction of sp³-hybridized carbons (Fsp3) is 0.278. The van der Waals surface area contributed by atoms with Gasteiger partial charge in [-0.1, -0.05) is 18.2 Å². The summed E-state index contributed by atoms with van der Waals surface area (Å²) >= 11 is 0. The number of nitrogens with zero attached hydrogens (tertiary/aromatic N) is 1. The molecule has 0 spiro atoms. The highest BCUT2D eigenvalue weighted by Gasteiger charge is 2.22. The van der Waals surface area contributed by atoms with Gasteiger partial charge in [-0.3, -0.25) is 4.79 Å². The lowest BCUT2D eigenvalue weighted by atomic mass is 10.1. The molecule has 0 heterocycles. The molecule has 0 saturated heterocycles. The molecule has 128 valence electrons. The molecule has 2 rings (SSSR count). The molecule has 0 fully saturated rings. The van der Waals surface area contributed by atoms with Crippen LogP contribution in [-0.2, 0) is 10.0 Å². The summed E-state index contributed by atoms with van der Waals surface area (Å²) in [7, 11) is -1.97. The molecule has 5 nitrogen and oxygen atoms in total. The van der Waals surface area contributed by atoms with Crippen LogP contribution < -0.4 is 5.32 Å². The van der Waals surface area contributed by atoms with Crippen LogP contribution in [0.3, 0.4) is 0 Å². The van der Waals surface area contributed by atoms with E-state index in [1.165, 1.54) is 16.4 Å². The molecule has 6 heteroatoms. The SMILES string of the molecule is Cc1ccccc1C(=O)Nc1ccc(S(=O)(=O)N(C)C(C)C)cc1. The van der Waals surface area contributed by atoms with Gasteiger partial charge in [0.25, 0.3) is 5.91 Å². The predicted molar refractivity (Wildman–Crippen MR) is 95.7 cm³/mol. The topological polar surface area (TPSA) is 66.5 Å². The Morgan fingerprint density at radius 3 is 2.17 bits per heavy atom. The summed E-state index contributed by atoms with van der Waals surface area (Å²) in [6, 6.07) is 13.4. The zero-order chi connectivity index (χ0) is 17.9. The second-order valence-electron chi connectivity index (χ2n) is 5.91. The van der Waals surface area contributed by atoms with Crippen LogP contribution in [0.15, 0.2) is 53.4 Å². The van der Waals surface area contributed by atoms with E-state index in [-0.39, 0.29) is 16.8 Å². The van der Waals surface area contributed by atoms with Gasteiger partial charge in [0.1, 0.15) is 0 Å². The Labute approximate surface area is 143 Å². The third-order valence-corrected chi connectivity index (χ3v) is 5.95. The number of amides is 1. The first-order valence-electron chi connectivity index (χ1n) is 7.68. The molecule has 0 bridgehead atoms. The van der Waals surface area contributed by atoms with Crippen molar-refractivity contribution in [1.82, 2.24) is 4.31 Å². The van der Waals surface area contributed by atoms with Gasteiger partial charge < -0.3 is 5.32 Å². The lowest BCUT2D eigenvalue weighted by molar-refractivity contribution is 0.102. The monoisotopic (exact) mass is 346 g/mol. The summed E-state index contributed by atoms with van der Waals surface area (Å²) < 4.78 is 26.1. The lowest BCUT2D eigenvalue weighted by Crippen LogP contribution is -2.33. The van der Waals surface area contributed by atoms with Gasteiger partial charge in [-0.2, -0.15) is 4.31 Å². The van der Waals surface area contributed by atoms with E-state index in [2.05, 4.69) is 5.32 Å². The van der Waals surface area contributed by atoms with Crippen LogP contribution in [0.5, 0.6) is 0 Å². The first-order chi connectivity index (χ1) is 11.2. The average molecular weight is 346 g/mol. The predicted octanol–water partition coefficient (Wildman–Crippen LogP) is 3.28. The van der Waals surface area contributed by atoms with Gasteiger partial charge in [0.05, 0.1) is 4.90 Å². The minimum Gasteiger partial charge on any atom is -0.322 e. The van der Waals surface area contributed by atoms with E-state index in [0.717, 1.165) is 5.56 Å². The first-order valence-corrected chi connectivity index (χ1v) is 9.12. The van der Waals surface area contributed by atoms with Crippen molar-refractivity contribution >= 4 is 21.6 Å². The molecule has 1 N–H and O–H groups in total. The van der Waals surface area contributed by atoms with Gasteiger partial charge in [-0.25, -0.2) is 8.42 Å². The van der Waals surface area contributed by atoms with E-state index in [1.54, 1.807) is 31.3 Å². The minimum atomic E-state index is -3.52. The highest BCUT2D eigenvalue weighted by atomic mass is 32.2. The van der Waals surface area contributed by atoms with Crippen LogP contribution in [0.4, 0.5) is 5.69 Å². The van der Waals surface area contributed by atoms with Crippen LogP contribution in [-0.4, -0.2) is 31.7 Å². The summed E-state index contributed by atoms with van der Waals surface area (Å²) in [5, 5.41) is 2.78. The Balaban J connectivity index is 2.19. The Morgan fingerprint density at radius 1 is 1.04 bits per heavy atom. The van der Waals surface area contributed by atoms with Crippen LogP contribution >= 0.6 is 0 Å². The molecule has 0 saturated carbocycles. The van der Waals surface area contributed by atoms with E-state index >= 15 is 0 Å². The molecule has 1 amide bonds. The Hall–Kier alpha value is -2.18. The normalized spacial score (nSPS) is 11.8. The van der Waals surface area contributed by atoms with Gasteiger partial charge in [0.15, 0.2) is 0 Å². The highest BCUT2D eigenvalue weighted by molar-refractivity contribution is 7.89. The maximum atomic E-state index is 12.4. The zero-order valence-corrected chi connectivity index (χ0v) is 15.1. The van der Waals surface area contributed by atoms with Crippen molar-refractivity contribution in [3.8, 4) is 0 Å². The van der Waals surface area contributed by atoms with Crippen molar-refractivity contribution < 1.29 is 13.2 Å². The van der Waals surface area contributed by atoms with Crippen molar-refractivity contribution in [1.29, 1.82) is 0 Å². The number of rotatable bonds is 5. The van der Waals surface area contributed by atoms with Crippen molar-refractivity contribution in [2.24, 2.45) is 0 Å². The third-order valence-electron chi connectivity index (χ3n) is 3.91. The molecule has 2 aromatic rings. The van der Waals surface area contributed by atoms with E-state index < -0.39 is 10.0 Å². The molecular formula is C18H22N2O3S. The van der Waals surface area contributed by atoms with Crippen molar-refractivity contribution in [2.45, 2.75) is 31.7 Å². The fourth-order valence-corrected chi connectivity index (χ4v) is 3.55. The smallest absolute Gasteiger partial charge is 0.255 e. The van der Waals surface area contributed by atoms with Crippen LogP contribution in [0, 0.1) is 6.92 Å². The molecule has 0 aromatic heterocycles. The standard InChI is InChI=1S/C18H22N2O3S/c1-13(2)20(4)24(22,23)16-11-9-15(10-12-16)19-18(21)17-8-6-5-7-14(17)3/h5-13H,1-4H3,(H,19,21). The number of carbonyl (C=O) groups excluding carboxylic acids is 1. The fourth-order valence-electron chi connectivity index (χ4n) is 2.18. The minimum absolute atomic E-state index is 0.129. The van der Waals surface area contributed by atoms with E-state index in [4.69, 9.17) is 0 Å². The van der Waals surface area contributed by atoms with Gasteiger partial charge in [-0.05, 0) is 56.7 Å². The number of aryl methyl sites for hydroxylation is 1. The maximum Gasteiger partial charge on any atom is 0.255 e. The molecular weight excluding hydrogens is 324 g/mol. The summed E-state index contributed by atoms with van der Waals surface area (Å²) in [6.45, 7) is 5.50. The van der Waals surface area contributed by atoms with E-state index in [0.29, 0.717) is 11.3 Å². The second kappa shape index (κ2) is 7.15. The molecule has 0 unspecified atom stereocenters. The van der Waals surface area contributed by atoms with Gasteiger partial charge in [0.2, 0.25) is 10.0 Å². The van der Waals surface area contributed by atoms with Crippen LogP contribution in [0.1, 0.15) is 29.8 Å². The quantitative estimate of drug-likeness (QED) is 0.903. The van der Waals surface area contributed by atoms with Crippen LogP contribution in [0.25, 0.3) is 0 Å². The Kier molecular flexibility index (Phi) is 5.41. The van der Waals surface area contributed by atoms with Crippen LogP contribution in [0.2, 0.25) is 0 Å². The summed E-state index contributed by atoms with van der Waals surface area (Å²) in [4.78, 5) is 12.5. The van der Waals surface area contributed by atoms with Crippen molar-refractivity contribution in [3.63, 3.8) is 0 Å². The number of hydrogen-bond donors (Lipinski definition) is 1. The molecule has 0 aliphatic rings. The molecule has 24 heavy (non-hydrogen) atoms. The number of benzene rings is 2. The molecule has 0 aliphatic heterocycles. The van der Waals surface area contributed by atoms with Gasteiger partial charge in [0, 0.05) is 24.3 Å². The number of hydrogen-bond acceptors (Lipinski definition) is 3. The lowest BCUT2D eigenvalue weighted by Gasteiger charge is -2.21. The number of anilines is 1. The van der Waals surface area contributed by atoms with Crippen molar-refractivity contribution in [3.05, 3.63) is 59.7 Å². The largest absolute Gasteiger partial charge is 0.322 e. The number of sulfonamides is 1. The first kappa shape index (κ1) is 18.2. The Bertz CT molecular complexity index is 828. The maximum absolute atomic E-state index is 12.4.